The molecule has 0 fully saturated rings. The molecule has 0 radical (unpaired) electrons. The van der Waals surface area contributed by atoms with Gasteiger partial charge in [0.25, 0.3) is 11.5 Å². The van der Waals surface area contributed by atoms with E-state index in [0.29, 0.717) is 5.69 Å². The third-order valence-electron chi connectivity index (χ3n) is 3.30. The zero-order chi connectivity index (χ0) is 17.3. The molecule has 3 aromatic rings. The summed E-state index contributed by atoms with van der Waals surface area (Å²) < 4.78 is 15.1. The SMILES string of the molecule is Nc1c(C(=O)Nc2ccc(F)cc2-n2cccc2)[nH]c(=O)[nH]c1=O. The van der Waals surface area contributed by atoms with Gasteiger partial charge in [-0.3, -0.25) is 14.6 Å². The van der Waals surface area contributed by atoms with Crippen LogP contribution in [0.1, 0.15) is 10.5 Å². The Labute approximate surface area is 133 Å². The highest BCUT2D eigenvalue weighted by molar-refractivity contribution is 6.06. The number of hydrogen-bond acceptors (Lipinski definition) is 4. The van der Waals surface area contributed by atoms with E-state index in [1.54, 1.807) is 29.1 Å². The van der Waals surface area contributed by atoms with Gasteiger partial charge in [0.15, 0.2) is 0 Å². The molecule has 0 aliphatic carbocycles. The van der Waals surface area contributed by atoms with Gasteiger partial charge in [0, 0.05) is 12.4 Å². The first-order valence-corrected chi connectivity index (χ1v) is 6.82. The van der Waals surface area contributed by atoms with E-state index in [0.717, 1.165) is 0 Å². The van der Waals surface area contributed by atoms with E-state index < -0.39 is 28.7 Å². The van der Waals surface area contributed by atoms with Crippen molar-refractivity contribution in [1.29, 1.82) is 0 Å². The second kappa shape index (κ2) is 5.88. The van der Waals surface area contributed by atoms with Crippen LogP contribution < -0.4 is 22.3 Å². The van der Waals surface area contributed by atoms with Crippen molar-refractivity contribution in [2.24, 2.45) is 0 Å². The predicted molar refractivity (Wildman–Crippen MR) is 85.8 cm³/mol. The molecule has 0 aliphatic rings. The van der Waals surface area contributed by atoms with Crippen molar-refractivity contribution in [3.8, 4) is 5.69 Å². The zero-order valence-electron chi connectivity index (χ0n) is 12.2. The number of nitrogen functional groups attached to an aromatic ring is 1. The van der Waals surface area contributed by atoms with Crippen LogP contribution in [0.25, 0.3) is 5.69 Å². The van der Waals surface area contributed by atoms with Gasteiger partial charge in [-0.15, -0.1) is 0 Å². The van der Waals surface area contributed by atoms with Crippen LogP contribution in [0.15, 0.2) is 52.3 Å². The van der Waals surface area contributed by atoms with Crippen LogP contribution >= 0.6 is 0 Å². The number of H-pyrrole nitrogens is 2. The number of benzene rings is 1. The largest absolute Gasteiger partial charge is 0.392 e. The molecular formula is C15H12FN5O3. The zero-order valence-corrected chi connectivity index (χ0v) is 12.2. The van der Waals surface area contributed by atoms with Crippen LogP contribution in [0.2, 0.25) is 0 Å². The van der Waals surface area contributed by atoms with E-state index in [-0.39, 0.29) is 11.4 Å². The van der Waals surface area contributed by atoms with Gasteiger partial charge >= 0.3 is 5.69 Å². The second-order valence-electron chi connectivity index (χ2n) is 4.90. The van der Waals surface area contributed by atoms with Crippen molar-refractivity contribution >= 4 is 17.3 Å². The molecule has 3 rings (SSSR count). The lowest BCUT2D eigenvalue weighted by atomic mass is 10.2. The molecule has 0 saturated heterocycles. The van der Waals surface area contributed by atoms with Gasteiger partial charge in [-0.25, -0.2) is 9.18 Å². The van der Waals surface area contributed by atoms with E-state index in [1.807, 2.05) is 4.98 Å². The molecule has 2 aromatic heterocycles. The predicted octanol–water partition coefficient (Wildman–Crippen LogP) is 0.827. The summed E-state index contributed by atoms with van der Waals surface area (Å²) in [6, 6.07) is 7.25. The summed E-state index contributed by atoms with van der Waals surface area (Å²) in [6.45, 7) is 0. The molecule has 24 heavy (non-hydrogen) atoms. The molecule has 0 atom stereocenters. The number of halogens is 1. The van der Waals surface area contributed by atoms with E-state index in [4.69, 9.17) is 5.73 Å². The van der Waals surface area contributed by atoms with Gasteiger partial charge in [-0.1, -0.05) is 0 Å². The molecule has 0 bridgehead atoms. The monoisotopic (exact) mass is 329 g/mol. The number of carbonyl (C=O) groups excluding carboxylic acids is 1. The molecule has 1 amide bonds. The number of hydrogen-bond donors (Lipinski definition) is 4. The fourth-order valence-corrected chi connectivity index (χ4v) is 2.18. The molecule has 0 saturated carbocycles. The van der Waals surface area contributed by atoms with Gasteiger partial charge in [-0.2, -0.15) is 0 Å². The lowest BCUT2D eigenvalue weighted by Gasteiger charge is -2.12. The van der Waals surface area contributed by atoms with Crippen molar-refractivity contribution in [2.75, 3.05) is 11.1 Å². The number of carbonyl (C=O) groups is 1. The Morgan fingerprint density at radius 3 is 2.58 bits per heavy atom. The smallest absolute Gasteiger partial charge is 0.326 e. The highest BCUT2D eigenvalue weighted by atomic mass is 19.1. The van der Waals surface area contributed by atoms with Crippen LogP contribution in [-0.2, 0) is 0 Å². The Morgan fingerprint density at radius 1 is 1.17 bits per heavy atom. The maximum atomic E-state index is 13.5. The number of anilines is 2. The molecular weight excluding hydrogens is 317 g/mol. The first-order chi connectivity index (χ1) is 11.5. The van der Waals surface area contributed by atoms with Gasteiger partial charge in [0.05, 0.1) is 11.4 Å². The fraction of sp³-hybridized carbons (Fsp3) is 0. The number of aromatic nitrogens is 3. The van der Waals surface area contributed by atoms with Crippen molar-refractivity contribution in [2.45, 2.75) is 0 Å². The molecule has 9 heteroatoms. The summed E-state index contributed by atoms with van der Waals surface area (Å²) in [5, 5.41) is 2.51. The average Bonchev–Trinajstić information content (AvgIpc) is 3.06. The summed E-state index contributed by atoms with van der Waals surface area (Å²) in [7, 11) is 0. The normalized spacial score (nSPS) is 10.5. The van der Waals surface area contributed by atoms with E-state index in [1.165, 1.54) is 18.2 Å². The Morgan fingerprint density at radius 2 is 1.88 bits per heavy atom. The lowest BCUT2D eigenvalue weighted by molar-refractivity contribution is 0.102. The standard InChI is InChI=1S/C15H12FN5O3/c16-8-3-4-9(10(7-8)21-5-1-2-6-21)18-14(23)12-11(17)13(22)20-15(24)19-12/h1-7H,17H2,(H,18,23)(H2,19,20,22,24). The Kier molecular flexibility index (Phi) is 3.74. The number of nitrogens with one attached hydrogen (secondary N) is 3. The fourth-order valence-electron chi connectivity index (χ4n) is 2.18. The number of nitrogens with zero attached hydrogens (tertiary/aromatic N) is 1. The van der Waals surface area contributed by atoms with E-state index in [9.17, 15) is 18.8 Å². The number of amides is 1. The number of aromatic amines is 2. The Hall–Kier alpha value is -3.62. The minimum atomic E-state index is -0.867. The van der Waals surface area contributed by atoms with Crippen LogP contribution in [-0.4, -0.2) is 20.4 Å². The first-order valence-electron chi connectivity index (χ1n) is 6.82. The lowest BCUT2D eigenvalue weighted by Crippen LogP contribution is -2.30. The summed E-state index contributed by atoms with van der Waals surface area (Å²) in [5.74, 6) is -1.28. The van der Waals surface area contributed by atoms with Crippen molar-refractivity contribution in [1.82, 2.24) is 14.5 Å². The Bertz CT molecular complexity index is 1020. The molecule has 122 valence electrons. The molecule has 0 spiro atoms. The van der Waals surface area contributed by atoms with Crippen molar-refractivity contribution in [3.63, 3.8) is 0 Å². The molecule has 2 heterocycles. The minimum absolute atomic E-state index is 0.276. The van der Waals surface area contributed by atoms with Crippen LogP contribution in [0.5, 0.6) is 0 Å². The average molecular weight is 329 g/mol. The van der Waals surface area contributed by atoms with E-state index in [2.05, 4.69) is 10.3 Å². The van der Waals surface area contributed by atoms with Crippen LogP contribution in [0, 0.1) is 5.82 Å². The summed E-state index contributed by atoms with van der Waals surface area (Å²) in [6.07, 6.45) is 3.35. The highest BCUT2D eigenvalue weighted by Gasteiger charge is 2.16. The van der Waals surface area contributed by atoms with Crippen LogP contribution in [0.4, 0.5) is 15.8 Å². The number of rotatable bonds is 3. The van der Waals surface area contributed by atoms with Crippen LogP contribution in [0.3, 0.4) is 0 Å². The first kappa shape index (κ1) is 15.3. The molecule has 5 N–H and O–H groups in total. The van der Waals surface area contributed by atoms with Crippen molar-refractivity contribution in [3.05, 3.63) is 75.1 Å². The number of nitrogens with two attached hydrogens (primary N) is 1. The minimum Gasteiger partial charge on any atom is -0.392 e. The molecule has 0 unspecified atom stereocenters. The summed E-state index contributed by atoms with van der Waals surface area (Å²) >= 11 is 0. The van der Waals surface area contributed by atoms with Crippen molar-refractivity contribution < 1.29 is 9.18 Å². The molecule has 0 aliphatic heterocycles. The topological polar surface area (TPSA) is 126 Å². The third-order valence-corrected chi connectivity index (χ3v) is 3.30. The van der Waals surface area contributed by atoms with E-state index >= 15 is 0 Å². The van der Waals surface area contributed by atoms with Gasteiger partial charge in [0.2, 0.25) is 0 Å². The second-order valence-corrected chi connectivity index (χ2v) is 4.90. The third kappa shape index (κ3) is 2.82. The quantitative estimate of drug-likeness (QED) is 0.567. The summed E-state index contributed by atoms with van der Waals surface area (Å²) in [5.41, 5.74) is 3.66. The van der Waals surface area contributed by atoms with Gasteiger partial charge in [-0.05, 0) is 30.3 Å². The molecule has 1 aromatic carbocycles. The maximum Gasteiger partial charge on any atom is 0.326 e. The Balaban J connectivity index is 2.02. The van der Waals surface area contributed by atoms with Gasteiger partial charge < -0.3 is 20.6 Å². The molecule has 8 nitrogen and oxygen atoms in total. The summed E-state index contributed by atoms with van der Waals surface area (Å²) in [4.78, 5) is 39.2. The van der Waals surface area contributed by atoms with Gasteiger partial charge in [0.1, 0.15) is 17.2 Å². The highest BCUT2D eigenvalue weighted by Crippen LogP contribution is 2.22. The maximum absolute atomic E-state index is 13.5.